The second-order valence-corrected chi connectivity index (χ2v) is 9.65. The van der Waals surface area contributed by atoms with Crippen LogP contribution in [0.3, 0.4) is 0 Å². The van der Waals surface area contributed by atoms with Crippen LogP contribution in [0.5, 0.6) is 0 Å². The van der Waals surface area contributed by atoms with Crippen molar-refractivity contribution in [2.75, 3.05) is 120 Å². The number of carbonyl (C=O) groups is 4. The summed E-state index contributed by atoms with van der Waals surface area (Å²) in [4.78, 5) is 55.6. The van der Waals surface area contributed by atoms with Crippen LogP contribution in [0, 0.1) is 0 Å². The molecule has 0 spiro atoms. The predicted molar refractivity (Wildman–Crippen MR) is 150 cm³/mol. The van der Waals surface area contributed by atoms with Crippen molar-refractivity contribution in [2.45, 2.75) is 32.6 Å². The first-order chi connectivity index (χ1) is 19.3. The molecule has 1 N–H and O–H groups in total. The number of ether oxygens (including phenoxy) is 4. The fourth-order valence-electron chi connectivity index (χ4n) is 4.31. The molecule has 1 saturated heterocycles. The number of hydrogen-bond donors (Lipinski definition) is 1. The molecule has 0 aliphatic carbocycles. The first-order valence-electron chi connectivity index (χ1n) is 14.3. The Morgan fingerprint density at radius 3 is 1.48 bits per heavy atom. The van der Waals surface area contributed by atoms with Crippen LogP contribution in [0.1, 0.15) is 32.6 Å². The molecule has 0 radical (unpaired) electrons. The maximum Gasteiger partial charge on any atom is 0.307 e. The Kier molecular flexibility index (Phi) is 20.0. The Labute approximate surface area is 239 Å². The highest BCUT2D eigenvalue weighted by Gasteiger charge is 2.19. The molecule has 0 aromatic carbocycles. The quantitative estimate of drug-likeness (QED) is 0.101. The average Bonchev–Trinajstić information content (AvgIpc) is 2.97. The zero-order valence-corrected chi connectivity index (χ0v) is 25.0. The van der Waals surface area contributed by atoms with Gasteiger partial charge in [0.15, 0.2) is 0 Å². The molecular weight excluding hydrogens is 522 g/mol. The van der Waals surface area contributed by atoms with Gasteiger partial charge in [0.1, 0.15) is 0 Å². The number of esters is 4. The summed E-state index contributed by atoms with van der Waals surface area (Å²) in [5.74, 6) is -0.941. The maximum absolute atomic E-state index is 11.8. The zero-order valence-electron chi connectivity index (χ0n) is 25.0. The van der Waals surface area contributed by atoms with E-state index in [0.717, 1.165) is 58.9 Å². The monoisotopic (exact) mass is 573 g/mol. The van der Waals surface area contributed by atoms with Crippen LogP contribution in [0.2, 0.25) is 0 Å². The minimum absolute atomic E-state index is 0.222. The van der Waals surface area contributed by atoms with E-state index in [1.165, 1.54) is 21.3 Å². The molecule has 0 aromatic heterocycles. The molecular formula is C27H51N5O8. The summed E-state index contributed by atoms with van der Waals surface area (Å²) >= 11 is 0. The van der Waals surface area contributed by atoms with Gasteiger partial charge in [0, 0.05) is 91.6 Å². The minimum atomic E-state index is -0.257. The van der Waals surface area contributed by atoms with E-state index in [9.17, 15) is 19.2 Å². The lowest BCUT2D eigenvalue weighted by Gasteiger charge is -2.36. The molecule has 13 nitrogen and oxygen atoms in total. The molecule has 1 aliphatic heterocycles. The second-order valence-electron chi connectivity index (χ2n) is 9.65. The van der Waals surface area contributed by atoms with E-state index in [1.54, 1.807) is 6.92 Å². The third-order valence-corrected chi connectivity index (χ3v) is 6.93. The van der Waals surface area contributed by atoms with Gasteiger partial charge < -0.3 is 34.1 Å². The van der Waals surface area contributed by atoms with Crippen molar-refractivity contribution in [1.82, 2.24) is 24.9 Å². The van der Waals surface area contributed by atoms with E-state index in [4.69, 9.17) is 14.2 Å². The smallest absolute Gasteiger partial charge is 0.307 e. The van der Waals surface area contributed by atoms with Crippen LogP contribution in [0.4, 0.5) is 0 Å². The number of piperazine rings is 1. The maximum atomic E-state index is 11.8. The highest BCUT2D eigenvalue weighted by Crippen LogP contribution is 2.05. The van der Waals surface area contributed by atoms with Crippen molar-refractivity contribution < 1.29 is 38.1 Å². The van der Waals surface area contributed by atoms with Crippen LogP contribution in [-0.4, -0.2) is 163 Å². The predicted octanol–water partition coefficient (Wildman–Crippen LogP) is -0.560. The molecule has 1 rings (SSSR count). The first kappa shape index (κ1) is 35.7. The van der Waals surface area contributed by atoms with Crippen LogP contribution in [-0.2, 0) is 38.1 Å². The van der Waals surface area contributed by atoms with Gasteiger partial charge in [-0.15, -0.1) is 0 Å². The van der Waals surface area contributed by atoms with Gasteiger partial charge in [0.25, 0.3) is 0 Å². The molecule has 0 saturated carbocycles. The third kappa shape index (κ3) is 17.4. The molecule has 232 valence electrons. The molecule has 0 amide bonds. The lowest BCUT2D eigenvalue weighted by molar-refractivity contribution is -0.144. The summed E-state index contributed by atoms with van der Waals surface area (Å²) in [5.41, 5.74) is 0. The minimum Gasteiger partial charge on any atom is -0.469 e. The van der Waals surface area contributed by atoms with Crippen molar-refractivity contribution in [3.8, 4) is 0 Å². The standard InChI is InChI=1S/C27H51N5O8/c1-5-40-27(36)9-14-29(12-7-25(34)38-3)16-18-31-20-22-32(23-21-31)19-17-30(13-8-26(35)39-4)15-11-28-10-6-24(33)37-2/h28H,5-23H2,1-4H3. The van der Waals surface area contributed by atoms with Crippen molar-refractivity contribution in [3.63, 3.8) is 0 Å². The number of nitrogens with one attached hydrogen (secondary N) is 1. The molecule has 13 heteroatoms. The molecule has 0 unspecified atom stereocenters. The Morgan fingerprint density at radius 2 is 1.02 bits per heavy atom. The second kappa shape index (κ2) is 22.4. The Bertz CT molecular complexity index is 734. The Morgan fingerprint density at radius 1 is 0.600 bits per heavy atom. The molecule has 1 aliphatic rings. The van der Waals surface area contributed by atoms with Gasteiger partial charge in [0.05, 0.1) is 53.6 Å². The largest absolute Gasteiger partial charge is 0.469 e. The van der Waals surface area contributed by atoms with Gasteiger partial charge in [-0.2, -0.15) is 0 Å². The molecule has 1 heterocycles. The van der Waals surface area contributed by atoms with Gasteiger partial charge in [0.2, 0.25) is 0 Å². The summed E-state index contributed by atoms with van der Waals surface area (Å²) in [5, 5.41) is 3.26. The van der Waals surface area contributed by atoms with E-state index in [-0.39, 0.29) is 23.9 Å². The molecule has 1 fully saturated rings. The van der Waals surface area contributed by atoms with Gasteiger partial charge in [-0.3, -0.25) is 29.0 Å². The summed E-state index contributed by atoms with van der Waals surface area (Å²) < 4.78 is 19.3. The lowest BCUT2D eigenvalue weighted by atomic mass is 10.2. The van der Waals surface area contributed by atoms with E-state index in [1.807, 2.05) is 0 Å². The van der Waals surface area contributed by atoms with E-state index in [2.05, 4.69) is 29.7 Å². The SMILES string of the molecule is CCOC(=O)CCN(CCC(=O)OC)CCN1CCN(CCN(CCNCCC(=O)OC)CCC(=O)OC)CC1. The van der Waals surface area contributed by atoms with Crippen LogP contribution < -0.4 is 5.32 Å². The Hall–Kier alpha value is -2.32. The van der Waals surface area contributed by atoms with Gasteiger partial charge >= 0.3 is 23.9 Å². The van der Waals surface area contributed by atoms with Crippen molar-refractivity contribution in [2.24, 2.45) is 0 Å². The van der Waals surface area contributed by atoms with Crippen LogP contribution in [0.15, 0.2) is 0 Å². The molecule has 40 heavy (non-hydrogen) atoms. The van der Waals surface area contributed by atoms with Gasteiger partial charge in [-0.1, -0.05) is 0 Å². The zero-order chi connectivity index (χ0) is 29.6. The normalized spacial score (nSPS) is 14.3. The van der Waals surface area contributed by atoms with Gasteiger partial charge in [-0.05, 0) is 6.92 Å². The van der Waals surface area contributed by atoms with E-state index >= 15 is 0 Å². The van der Waals surface area contributed by atoms with Crippen LogP contribution in [0.25, 0.3) is 0 Å². The van der Waals surface area contributed by atoms with E-state index < -0.39 is 0 Å². The number of hydrogen-bond acceptors (Lipinski definition) is 13. The van der Waals surface area contributed by atoms with Crippen molar-refractivity contribution >= 4 is 23.9 Å². The summed E-state index contributed by atoms with van der Waals surface area (Å²) in [6, 6.07) is 0. The summed E-state index contributed by atoms with van der Waals surface area (Å²) in [7, 11) is 4.17. The average molecular weight is 574 g/mol. The summed E-state index contributed by atoms with van der Waals surface area (Å²) in [6.07, 6.45) is 1.27. The number of carbonyl (C=O) groups excluding carboxylic acids is 4. The van der Waals surface area contributed by atoms with Crippen LogP contribution >= 0.6 is 0 Å². The number of rotatable bonds is 22. The lowest BCUT2D eigenvalue weighted by Crippen LogP contribution is -2.50. The number of nitrogens with zero attached hydrogens (tertiary/aromatic N) is 4. The van der Waals surface area contributed by atoms with E-state index in [0.29, 0.717) is 65.0 Å². The first-order valence-corrected chi connectivity index (χ1v) is 14.3. The highest BCUT2D eigenvalue weighted by atomic mass is 16.5. The van der Waals surface area contributed by atoms with Crippen molar-refractivity contribution in [1.29, 1.82) is 0 Å². The fraction of sp³-hybridized carbons (Fsp3) is 0.852. The summed E-state index contributed by atoms with van der Waals surface area (Å²) in [6.45, 7) is 13.1. The Balaban J connectivity index is 2.43. The van der Waals surface area contributed by atoms with Crippen molar-refractivity contribution in [3.05, 3.63) is 0 Å². The highest BCUT2D eigenvalue weighted by molar-refractivity contribution is 5.70. The topological polar surface area (TPSA) is 130 Å². The third-order valence-electron chi connectivity index (χ3n) is 6.93. The van der Waals surface area contributed by atoms with Gasteiger partial charge in [-0.25, -0.2) is 0 Å². The molecule has 0 atom stereocenters. The molecule has 0 bridgehead atoms. The fourth-order valence-corrected chi connectivity index (χ4v) is 4.31. The number of methoxy groups -OCH3 is 3. The molecule has 0 aromatic rings.